The molecule has 0 aliphatic heterocycles. The number of nitrogens with zero attached hydrogens (tertiary/aromatic N) is 1. The Hall–Kier alpha value is -2.10. The van der Waals surface area contributed by atoms with Crippen LogP contribution in [0, 0.1) is 5.82 Å². The molecule has 2 aromatic rings. The number of aryl methyl sites for hydroxylation is 1. The quantitative estimate of drug-likeness (QED) is 0.166. The lowest BCUT2D eigenvalue weighted by atomic mass is 9.88. The summed E-state index contributed by atoms with van der Waals surface area (Å²) in [5.74, 6) is 0.886. The zero-order valence-corrected chi connectivity index (χ0v) is 23.6. The fourth-order valence-corrected chi connectivity index (χ4v) is 5.28. The van der Waals surface area contributed by atoms with E-state index in [1.807, 2.05) is 18.2 Å². The van der Waals surface area contributed by atoms with E-state index in [4.69, 9.17) is 14.5 Å². The second-order valence-corrected chi connectivity index (χ2v) is 10.7. The van der Waals surface area contributed by atoms with Crippen molar-refractivity contribution in [3.05, 3.63) is 41.3 Å². The third-order valence-electron chi connectivity index (χ3n) is 7.56. The summed E-state index contributed by atoms with van der Waals surface area (Å²) < 4.78 is 27.0. The van der Waals surface area contributed by atoms with E-state index >= 15 is 4.39 Å². The molecule has 0 bridgehead atoms. The zero-order valence-electron chi connectivity index (χ0n) is 23.6. The molecule has 1 aliphatic carbocycles. The summed E-state index contributed by atoms with van der Waals surface area (Å²) in [6.45, 7) is 5.80. The molecule has 3 rings (SSSR count). The molecule has 1 aliphatic rings. The van der Waals surface area contributed by atoms with Gasteiger partial charge in [-0.2, -0.15) is 0 Å². The van der Waals surface area contributed by atoms with Crippen LogP contribution in [0.1, 0.15) is 128 Å². The number of pyridine rings is 1. The van der Waals surface area contributed by atoms with Crippen molar-refractivity contribution >= 4 is 0 Å². The third-order valence-corrected chi connectivity index (χ3v) is 7.56. The van der Waals surface area contributed by atoms with Crippen LogP contribution in [0.3, 0.4) is 0 Å². The van der Waals surface area contributed by atoms with Crippen molar-refractivity contribution in [2.24, 2.45) is 0 Å². The summed E-state index contributed by atoms with van der Waals surface area (Å²) in [4.78, 5) is 4.75. The Balaban J connectivity index is 1.41. The molecule has 1 heterocycles. The van der Waals surface area contributed by atoms with Gasteiger partial charge in [0.1, 0.15) is 0 Å². The maximum atomic E-state index is 15.3. The number of fused-ring (bicyclic) bond motifs is 3. The van der Waals surface area contributed by atoms with Gasteiger partial charge in [0.2, 0.25) is 5.88 Å². The van der Waals surface area contributed by atoms with Crippen molar-refractivity contribution in [2.75, 3.05) is 13.2 Å². The molecule has 0 atom stereocenters. The molecule has 0 unspecified atom stereocenters. The van der Waals surface area contributed by atoms with Crippen LogP contribution in [0.15, 0.2) is 24.3 Å². The first-order chi connectivity index (χ1) is 18.2. The zero-order chi connectivity index (χ0) is 26.1. The van der Waals surface area contributed by atoms with Crippen LogP contribution >= 0.6 is 0 Å². The minimum absolute atomic E-state index is 0.196. The second-order valence-electron chi connectivity index (χ2n) is 10.7. The molecular weight excluding hydrogens is 461 g/mol. The number of ether oxygens (including phenoxy) is 2. The molecule has 0 amide bonds. The maximum absolute atomic E-state index is 15.3. The summed E-state index contributed by atoms with van der Waals surface area (Å²) in [6, 6.07) is 7.77. The maximum Gasteiger partial charge on any atom is 0.213 e. The smallest absolute Gasteiger partial charge is 0.213 e. The molecule has 1 aromatic carbocycles. The van der Waals surface area contributed by atoms with Gasteiger partial charge in [0, 0.05) is 11.6 Å². The van der Waals surface area contributed by atoms with Gasteiger partial charge in [-0.15, -0.1) is 0 Å². The van der Waals surface area contributed by atoms with Gasteiger partial charge in [-0.05, 0) is 48.9 Å². The van der Waals surface area contributed by atoms with E-state index in [9.17, 15) is 0 Å². The Bertz CT molecular complexity index is 913. The topological polar surface area (TPSA) is 31.4 Å². The molecule has 4 heteroatoms. The van der Waals surface area contributed by atoms with Crippen molar-refractivity contribution in [1.29, 1.82) is 0 Å². The normalized spacial score (nSPS) is 12.3. The highest BCUT2D eigenvalue weighted by molar-refractivity contribution is 5.73. The molecule has 37 heavy (non-hydrogen) atoms. The minimum atomic E-state index is -0.196. The van der Waals surface area contributed by atoms with Gasteiger partial charge in [0.15, 0.2) is 11.6 Å². The van der Waals surface area contributed by atoms with Crippen LogP contribution in [0.4, 0.5) is 4.39 Å². The van der Waals surface area contributed by atoms with Crippen molar-refractivity contribution in [2.45, 2.75) is 129 Å². The number of aromatic nitrogens is 1. The summed E-state index contributed by atoms with van der Waals surface area (Å²) in [6.07, 6.45) is 21.7. The monoisotopic (exact) mass is 511 g/mol. The van der Waals surface area contributed by atoms with E-state index in [0.29, 0.717) is 31.3 Å². The molecule has 0 spiro atoms. The van der Waals surface area contributed by atoms with Gasteiger partial charge in [0.25, 0.3) is 0 Å². The summed E-state index contributed by atoms with van der Waals surface area (Å²) in [5.41, 5.74) is 3.73. The fourth-order valence-electron chi connectivity index (χ4n) is 5.28. The summed E-state index contributed by atoms with van der Waals surface area (Å²) in [5, 5.41) is 0. The van der Waals surface area contributed by atoms with E-state index < -0.39 is 0 Å². The molecule has 0 fully saturated rings. The Morgan fingerprint density at radius 1 is 0.622 bits per heavy atom. The number of hydrogen-bond donors (Lipinski definition) is 0. The van der Waals surface area contributed by atoms with Gasteiger partial charge < -0.3 is 9.47 Å². The highest BCUT2D eigenvalue weighted by atomic mass is 19.1. The lowest BCUT2D eigenvalue weighted by Gasteiger charge is -2.21. The molecule has 206 valence electrons. The number of unbranched alkanes of at least 4 members (excludes halogenated alkanes) is 14. The van der Waals surface area contributed by atoms with Gasteiger partial charge in [-0.1, -0.05) is 110 Å². The largest absolute Gasteiger partial charge is 0.491 e. The standard InChI is InChI=1S/C33H50FNO2/c1-3-5-7-9-11-12-14-15-17-25-36-31-23-20-27-28-21-24-32(35-30(28)22-19-29(27)33(31)34)37-26-18-16-13-10-8-6-4-2/h20-21,23-24H,3-19,22,25-26H2,1-2H3. The van der Waals surface area contributed by atoms with Crippen LogP contribution < -0.4 is 9.47 Å². The molecule has 0 radical (unpaired) electrons. The average molecular weight is 512 g/mol. The lowest BCUT2D eigenvalue weighted by Crippen LogP contribution is -2.11. The van der Waals surface area contributed by atoms with Gasteiger partial charge in [0.05, 0.1) is 18.9 Å². The van der Waals surface area contributed by atoms with Gasteiger partial charge in [-0.25, -0.2) is 9.37 Å². The number of benzene rings is 1. The Morgan fingerprint density at radius 3 is 1.78 bits per heavy atom. The van der Waals surface area contributed by atoms with E-state index in [2.05, 4.69) is 13.8 Å². The molecule has 1 aromatic heterocycles. The Morgan fingerprint density at radius 2 is 1.16 bits per heavy atom. The predicted molar refractivity (Wildman–Crippen MR) is 153 cm³/mol. The molecule has 0 saturated carbocycles. The van der Waals surface area contributed by atoms with Crippen LogP contribution in [0.5, 0.6) is 11.6 Å². The van der Waals surface area contributed by atoms with Crippen molar-refractivity contribution in [1.82, 2.24) is 4.98 Å². The lowest BCUT2D eigenvalue weighted by molar-refractivity contribution is 0.288. The first-order valence-electron chi connectivity index (χ1n) is 15.3. The predicted octanol–water partition coefficient (Wildman–Crippen LogP) is 10.0. The molecule has 3 nitrogen and oxygen atoms in total. The second kappa shape index (κ2) is 17.4. The highest BCUT2D eigenvalue weighted by Gasteiger charge is 2.23. The van der Waals surface area contributed by atoms with Crippen molar-refractivity contribution in [3.63, 3.8) is 0 Å². The molecule has 0 N–H and O–H groups in total. The first-order valence-corrected chi connectivity index (χ1v) is 15.3. The van der Waals surface area contributed by atoms with Crippen molar-refractivity contribution < 1.29 is 13.9 Å². The van der Waals surface area contributed by atoms with Crippen LogP contribution in [0.2, 0.25) is 0 Å². The average Bonchev–Trinajstić information content (AvgIpc) is 2.92. The van der Waals surface area contributed by atoms with E-state index in [0.717, 1.165) is 48.1 Å². The number of rotatable bonds is 20. The molecule has 0 saturated heterocycles. The molecular formula is C33H50FNO2. The van der Waals surface area contributed by atoms with Gasteiger partial charge >= 0.3 is 0 Å². The van der Waals surface area contributed by atoms with Crippen molar-refractivity contribution in [3.8, 4) is 22.8 Å². The highest BCUT2D eigenvalue weighted by Crippen LogP contribution is 2.38. The minimum Gasteiger partial charge on any atom is -0.491 e. The van der Waals surface area contributed by atoms with E-state index in [1.54, 1.807) is 6.07 Å². The third kappa shape index (κ3) is 9.94. The van der Waals surface area contributed by atoms with Crippen LogP contribution in [0.25, 0.3) is 11.1 Å². The SMILES string of the molecule is CCCCCCCCCCCOc1ccc2c(c1F)CCc1nc(OCCCCCCCCC)ccc1-2. The summed E-state index contributed by atoms with van der Waals surface area (Å²) in [7, 11) is 0. The van der Waals surface area contributed by atoms with Crippen LogP contribution in [-0.2, 0) is 12.8 Å². The van der Waals surface area contributed by atoms with Gasteiger partial charge in [-0.3, -0.25) is 0 Å². The van der Waals surface area contributed by atoms with Crippen LogP contribution in [-0.4, -0.2) is 18.2 Å². The Kier molecular flexibility index (Phi) is 13.9. The number of halogens is 1. The number of hydrogen-bond acceptors (Lipinski definition) is 3. The Labute approximate surface area is 225 Å². The first kappa shape index (κ1) is 29.5. The summed E-state index contributed by atoms with van der Waals surface area (Å²) >= 11 is 0. The van der Waals surface area contributed by atoms with E-state index in [1.165, 1.54) is 83.5 Å². The fraction of sp³-hybridized carbons (Fsp3) is 0.667. The van der Waals surface area contributed by atoms with E-state index in [-0.39, 0.29) is 5.82 Å².